The summed E-state index contributed by atoms with van der Waals surface area (Å²) in [5.41, 5.74) is 0.644. The lowest BCUT2D eigenvalue weighted by atomic mass is 10.2. The Hall–Kier alpha value is -1.09. The second kappa shape index (κ2) is 6.48. The highest BCUT2D eigenvalue weighted by molar-refractivity contribution is 5.27. The van der Waals surface area contributed by atoms with Gasteiger partial charge in [-0.05, 0) is 31.0 Å². The zero-order valence-electron chi connectivity index (χ0n) is 10.2. The maximum absolute atomic E-state index is 13.2. The van der Waals surface area contributed by atoms with Gasteiger partial charge in [0.05, 0.1) is 0 Å². The Morgan fingerprint density at radius 2 is 2.12 bits per heavy atom. The third-order valence-electron chi connectivity index (χ3n) is 2.24. The number of halogens is 1. The van der Waals surface area contributed by atoms with Crippen LogP contribution in [0.25, 0.3) is 0 Å². The number of ether oxygens (including phenoxy) is 1. The Morgan fingerprint density at radius 1 is 1.38 bits per heavy atom. The molecule has 1 aromatic rings. The quantitative estimate of drug-likeness (QED) is 0.752. The third kappa shape index (κ3) is 4.62. The van der Waals surface area contributed by atoms with Crippen LogP contribution in [0.3, 0.4) is 0 Å². The van der Waals surface area contributed by atoms with Crippen LogP contribution in [0, 0.1) is 18.7 Å². The zero-order chi connectivity index (χ0) is 12.0. The van der Waals surface area contributed by atoms with Gasteiger partial charge in [-0.3, -0.25) is 0 Å². The van der Waals surface area contributed by atoms with E-state index < -0.39 is 0 Å². The van der Waals surface area contributed by atoms with Crippen LogP contribution in [0.5, 0.6) is 5.75 Å². The molecule has 0 bridgehead atoms. The number of hydrogen-bond acceptors (Lipinski definition) is 2. The van der Waals surface area contributed by atoms with Crippen molar-refractivity contribution < 1.29 is 9.13 Å². The molecule has 0 atom stereocenters. The van der Waals surface area contributed by atoms with Gasteiger partial charge in [0.1, 0.15) is 18.2 Å². The molecule has 0 aliphatic rings. The van der Waals surface area contributed by atoms with E-state index in [4.69, 9.17) is 4.74 Å². The smallest absolute Gasteiger partial charge is 0.129 e. The molecule has 0 heterocycles. The van der Waals surface area contributed by atoms with Crippen LogP contribution in [-0.4, -0.2) is 19.7 Å². The molecular formula is C13H20FNO. The van der Waals surface area contributed by atoms with Crippen LogP contribution in [0.2, 0.25) is 0 Å². The van der Waals surface area contributed by atoms with Crippen LogP contribution in [0.4, 0.5) is 4.39 Å². The van der Waals surface area contributed by atoms with Gasteiger partial charge in [0, 0.05) is 12.6 Å². The van der Waals surface area contributed by atoms with Crippen LogP contribution >= 0.6 is 0 Å². The first-order valence-electron chi connectivity index (χ1n) is 5.69. The highest BCUT2D eigenvalue weighted by Gasteiger charge is 2.00. The van der Waals surface area contributed by atoms with E-state index in [0.29, 0.717) is 23.8 Å². The minimum atomic E-state index is -0.215. The van der Waals surface area contributed by atoms with Gasteiger partial charge in [0.2, 0.25) is 0 Å². The molecular weight excluding hydrogens is 205 g/mol. The average molecular weight is 225 g/mol. The van der Waals surface area contributed by atoms with Crippen molar-refractivity contribution in [3.05, 3.63) is 29.6 Å². The summed E-state index contributed by atoms with van der Waals surface area (Å²) in [6.07, 6.45) is 0. The number of rotatable bonds is 6. The Bertz CT molecular complexity index is 326. The number of hydrogen-bond donors (Lipinski definition) is 1. The normalized spacial score (nSPS) is 10.8. The second-order valence-electron chi connectivity index (χ2n) is 4.36. The lowest BCUT2D eigenvalue weighted by Gasteiger charge is -2.09. The Balaban J connectivity index is 2.24. The molecule has 3 heteroatoms. The zero-order valence-corrected chi connectivity index (χ0v) is 10.2. The van der Waals surface area contributed by atoms with Crippen molar-refractivity contribution in [1.29, 1.82) is 0 Å². The average Bonchev–Trinajstić information content (AvgIpc) is 2.22. The predicted octanol–water partition coefficient (Wildman–Crippen LogP) is 2.76. The molecule has 90 valence electrons. The van der Waals surface area contributed by atoms with E-state index in [9.17, 15) is 4.39 Å². The molecule has 0 aliphatic carbocycles. The van der Waals surface area contributed by atoms with Crippen LogP contribution in [-0.2, 0) is 0 Å². The second-order valence-corrected chi connectivity index (χ2v) is 4.36. The minimum Gasteiger partial charge on any atom is -0.492 e. The maximum atomic E-state index is 13.2. The van der Waals surface area contributed by atoms with E-state index in [-0.39, 0.29) is 5.82 Å². The van der Waals surface area contributed by atoms with E-state index in [1.54, 1.807) is 19.1 Å². The van der Waals surface area contributed by atoms with Crippen molar-refractivity contribution in [2.75, 3.05) is 19.7 Å². The summed E-state index contributed by atoms with van der Waals surface area (Å²) in [7, 11) is 0. The van der Waals surface area contributed by atoms with Crippen molar-refractivity contribution in [1.82, 2.24) is 5.32 Å². The van der Waals surface area contributed by atoms with Gasteiger partial charge in [0.15, 0.2) is 0 Å². The summed E-state index contributed by atoms with van der Waals surface area (Å²) in [6, 6.07) is 4.95. The van der Waals surface area contributed by atoms with Crippen molar-refractivity contribution in [3.63, 3.8) is 0 Å². The van der Waals surface area contributed by atoms with Gasteiger partial charge in [-0.15, -0.1) is 0 Å². The molecule has 0 aromatic heterocycles. The topological polar surface area (TPSA) is 21.3 Å². The first kappa shape index (κ1) is 13.0. The standard InChI is InChI=1S/C13H20FNO/c1-10(2)9-15-6-7-16-12-5-4-11(3)13(14)8-12/h4-5,8,10,15H,6-7,9H2,1-3H3. The van der Waals surface area contributed by atoms with E-state index in [0.717, 1.165) is 13.1 Å². The Kier molecular flexibility index (Phi) is 5.26. The number of benzene rings is 1. The maximum Gasteiger partial charge on any atom is 0.129 e. The van der Waals surface area contributed by atoms with Crippen molar-refractivity contribution in [3.8, 4) is 5.75 Å². The molecule has 16 heavy (non-hydrogen) atoms. The molecule has 0 fully saturated rings. The summed E-state index contributed by atoms with van der Waals surface area (Å²) >= 11 is 0. The largest absolute Gasteiger partial charge is 0.492 e. The van der Waals surface area contributed by atoms with Gasteiger partial charge < -0.3 is 10.1 Å². The van der Waals surface area contributed by atoms with E-state index in [1.807, 2.05) is 0 Å². The fourth-order valence-electron chi connectivity index (χ4n) is 1.30. The molecule has 0 amide bonds. The molecule has 1 rings (SSSR count). The number of aryl methyl sites for hydroxylation is 1. The fraction of sp³-hybridized carbons (Fsp3) is 0.538. The summed E-state index contributed by atoms with van der Waals surface area (Å²) in [6.45, 7) is 8.38. The molecule has 0 radical (unpaired) electrons. The van der Waals surface area contributed by atoms with Crippen LogP contribution < -0.4 is 10.1 Å². The Morgan fingerprint density at radius 3 is 2.75 bits per heavy atom. The first-order chi connectivity index (χ1) is 7.59. The van der Waals surface area contributed by atoms with Crippen molar-refractivity contribution in [2.45, 2.75) is 20.8 Å². The van der Waals surface area contributed by atoms with Crippen LogP contribution in [0.1, 0.15) is 19.4 Å². The van der Waals surface area contributed by atoms with E-state index in [1.165, 1.54) is 6.07 Å². The highest BCUT2D eigenvalue weighted by Crippen LogP contribution is 2.15. The predicted molar refractivity (Wildman–Crippen MR) is 64.3 cm³/mol. The third-order valence-corrected chi connectivity index (χ3v) is 2.24. The van der Waals surface area contributed by atoms with E-state index >= 15 is 0 Å². The van der Waals surface area contributed by atoms with Gasteiger partial charge in [-0.25, -0.2) is 4.39 Å². The fourth-order valence-corrected chi connectivity index (χ4v) is 1.30. The van der Waals surface area contributed by atoms with E-state index in [2.05, 4.69) is 19.2 Å². The summed E-state index contributed by atoms with van der Waals surface area (Å²) in [4.78, 5) is 0. The molecule has 0 spiro atoms. The molecule has 0 saturated heterocycles. The summed E-state index contributed by atoms with van der Waals surface area (Å²) < 4.78 is 18.6. The lowest BCUT2D eigenvalue weighted by Crippen LogP contribution is -2.24. The minimum absolute atomic E-state index is 0.215. The van der Waals surface area contributed by atoms with Crippen molar-refractivity contribution >= 4 is 0 Å². The summed E-state index contributed by atoms with van der Waals surface area (Å²) in [5, 5.41) is 3.26. The Labute approximate surface area is 96.8 Å². The monoisotopic (exact) mass is 225 g/mol. The lowest BCUT2D eigenvalue weighted by molar-refractivity contribution is 0.309. The number of nitrogens with one attached hydrogen (secondary N) is 1. The van der Waals surface area contributed by atoms with Crippen molar-refractivity contribution in [2.24, 2.45) is 5.92 Å². The SMILES string of the molecule is Cc1ccc(OCCNCC(C)C)cc1F. The van der Waals surface area contributed by atoms with Gasteiger partial charge >= 0.3 is 0 Å². The first-order valence-corrected chi connectivity index (χ1v) is 5.69. The molecule has 2 nitrogen and oxygen atoms in total. The molecule has 0 aliphatic heterocycles. The molecule has 0 saturated carbocycles. The van der Waals surface area contributed by atoms with Gasteiger partial charge in [-0.2, -0.15) is 0 Å². The highest BCUT2D eigenvalue weighted by atomic mass is 19.1. The molecule has 0 unspecified atom stereocenters. The molecule has 1 aromatic carbocycles. The van der Waals surface area contributed by atoms with Gasteiger partial charge in [-0.1, -0.05) is 19.9 Å². The van der Waals surface area contributed by atoms with Gasteiger partial charge in [0.25, 0.3) is 0 Å². The molecule has 1 N–H and O–H groups in total. The van der Waals surface area contributed by atoms with Crippen LogP contribution in [0.15, 0.2) is 18.2 Å². The summed E-state index contributed by atoms with van der Waals surface area (Å²) in [5.74, 6) is 1.01.